The number of sulfone groups is 1. The molecule has 1 aromatic heterocycles. The lowest BCUT2D eigenvalue weighted by molar-refractivity contribution is 0.0954. The van der Waals surface area contributed by atoms with Gasteiger partial charge >= 0.3 is 0 Å². The Morgan fingerprint density at radius 2 is 2.04 bits per heavy atom. The van der Waals surface area contributed by atoms with Crippen LogP contribution in [0, 0.1) is 6.92 Å². The number of aromatic nitrogens is 2. The van der Waals surface area contributed by atoms with Crippen molar-refractivity contribution in [1.82, 2.24) is 9.97 Å². The molecule has 1 aliphatic rings. The normalized spacial score (nSPS) is 17.1. The smallest absolute Gasteiger partial charge is 0.277 e. The number of aryl methyl sites for hydroxylation is 1. The number of ether oxygens (including phenoxy) is 1. The highest BCUT2D eigenvalue weighted by atomic mass is 32.2. The van der Waals surface area contributed by atoms with Crippen LogP contribution in [0.3, 0.4) is 0 Å². The van der Waals surface area contributed by atoms with Gasteiger partial charge in [0.2, 0.25) is 15.0 Å². The van der Waals surface area contributed by atoms with Gasteiger partial charge in [-0.25, -0.2) is 18.4 Å². The second-order valence-electron chi connectivity index (χ2n) is 5.76. The van der Waals surface area contributed by atoms with Crippen molar-refractivity contribution in [2.75, 3.05) is 17.8 Å². The Balaban J connectivity index is 2.10. The van der Waals surface area contributed by atoms with Crippen LogP contribution in [0.4, 0.5) is 5.69 Å². The number of hydrogen-bond donors (Lipinski definition) is 0. The summed E-state index contributed by atoms with van der Waals surface area (Å²) in [4.78, 5) is 22.4. The molecule has 0 bridgehead atoms. The minimum absolute atomic E-state index is 0.0778. The molecule has 3 rings (SSSR count). The second kappa shape index (κ2) is 5.86. The van der Waals surface area contributed by atoms with Crippen molar-refractivity contribution in [2.45, 2.75) is 25.0 Å². The number of nitrogens with zero attached hydrogens (tertiary/aromatic N) is 3. The number of para-hydroxylation sites is 2. The molecule has 1 aromatic carbocycles. The molecule has 0 saturated carbocycles. The molecule has 0 spiro atoms. The molecule has 8 heteroatoms. The largest absolute Gasteiger partial charge is 0.489 e. The summed E-state index contributed by atoms with van der Waals surface area (Å²) in [5, 5.41) is -0.356. The topological polar surface area (TPSA) is 89.5 Å². The summed E-state index contributed by atoms with van der Waals surface area (Å²) in [5.74, 6) is 0.238. The van der Waals surface area contributed by atoms with Crippen LogP contribution in [0.25, 0.3) is 0 Å². The van der Waals surface area contributed by atoms with E-state index >= 15 is 0 Å². The molecule has 7 nitrogen and oxygen atoms in total. The van der Waals surface area contributed by atoms with Gasteiger partial charge < -0.3 is 4.74 Å². The molecule has 0 fully saturated rings. The summed E-state index contributed by atoms with van der Waals surface area (Å²) in [7, 11) is -3.60. The van der Waals surface area contributed by atoms with E-state index in [2.05, 4.69) is 9.97 Å². The van der Waals surface area contributed by atoms with E-state index in [0.29, 0.717) is 23.6 Å². The van der Waals surface area contributed by atoms with E-state index < -0.39 is 9.84 Å². The van der Waals surface area contributed by atoms with Gasteiger partial charge in [0.15, 0.2) is 0 Å². The summed E-state index contributed by atoms with van der Waals surface area (Å²) in [6.45, 7) is 3.89. The first-order valence-electron chi connectivity index (χ1n) is 7.38. The lowest BCUT2D eigenvalue weighted by atomic mass is 10.1. The molecular formula is C16H17N3O4S. The van der Waals surface area contributed by atoms with E-state index in [1.165, 1.54) is 6.20 Å². The van der Waals surface area contributed by atoms with Crippen LogP contribution in [0.2, 0.25) is 0 Å². The molecule has 24 heavy (non-hydrogen) atoms. The van der Waals surface area contributed by atoms with Gasteiger partial charge in [0.05, 0.1) is 11.7 Å². The Morgan fingerprint density at radius 1 is 1.33 bits per heavy atom. The molecule has 126 valence electrons. The standard InChI is InChI=1S/C16H17N3O4S/c1-10-8-17-16(24(3,21)22)18-14(10)15(20)19-11(2)9-23-13-7-5-4-6-12(13)19/h4-8,11H,9H2,1-3H3. The third-order valence-corrected chi connectivity index (χ3v) is 4.61. The van der Waals surface area contributed by atoms with E-state index in [0.717, 1.165) is 6.26 Å². The zero-order valence-corrected chi connectivity index (χ0v) is 14.4. The van der Waals surface area contributed by atoms with E-state index in [1.54, 1.807) is 24.0 Å². The van der Waals surface area contributed by atoms with E-state index in [-0.39, 0.29) is 22.8 Å². The third kappa shape index (κ3) is 2.84. The van der Waals surface area contributed by atoms with Gasteiger partial charge in [-0.1, -0.05) is 12.1 Å². The maximum Gasteiger partial charge on any atom is 0.277 e. The summed E-state index contributed by atoms with van der Waals surface area (Å²) >= 11 is 0. The number of fused-ring (bicyclic) bond motifs is 1. The minimum Gasteiger partial charge on any atom is -0.489 e. The average Bonchev–Trinajstić information content (AvgIpc) is 2.53. The molecule has 2 aromatic rings. The van der Waals surface area contributed by atoms with Crippen molar-refractivity contribution < 1.29 is 17.9 Å². The summed E-state index contributed by atoms with van der Waals surface area (Å²) in [6, 6.07) is 7.01. The van der Waals surface area contributed by atoms with Crippen molar-refractivity contribution >= 4 is 21.4 Å². The van der Waals surface area contributed by atoms with Crippen LogP contribution in [0.1, 0.15) is 23.0 Å². The first-order valence-corrected chi connectivity index (χ1v) is 9.27. The monoisotopic (exact) mass is 347 g/mol. The molecule has 0 aliphatic carbocycles. The number of benzene rings is 1. The highest BCUT2D eigenvalue weighted by Crippen LogP contribution is 2.34. The first-order chi connectivity index (χ1) is 11.3. The van der Waals surface area contributed by atoms with Crippen molar-refractivity contribution in [3.63, 3.8) is 0 Å². The van der Waals surface area contributed by atoms with Gasteiger partial charge in [0, 0.05) is 12.5 Å². The van der Waals surface area contributed by atoms with Gasteiger partial charge in [-0.05, 0) is 31.5 Å². The van der Waals surface area contributed by atoms with Crippen LogP contribution in [0.5, 0.6) is 5.75 Å². The Morgan fingerprint density at radius 3 is 2.75 bits per heavy atom. The van der Waals surface area contributed by atoms with Crippen LogP contribution in [0.15, 0.2) is 35.6 Å². The number of carbonyl (C=O) groups is 1. The highest BCUT2D eigenvalue weighted by Gasteiger charge is 2.32. The Labute approximate surface area is 140 Å². The van der Waals surface area contributed by atoms with Gasteiger partial charge in [0.1, 0.15) is 18.1 Å². The number of hydrogen-bond acceptors (Lipinski definition) is 6. The van der Waals surface area contributed by atoms with Gasteiger partial charge in [-0.2, -0.15) is 0 Å². The van der Waals surface area contributed by atoms with E-state index in [9.17, 15) is 13.2 Å². The van der Waals surface area contributed by atoms with Gasteiger partial charge in [0.25, 0.3) is 5.91 Å². The summed E-state index contributed by atoms with van der Waals surface area (Å²) in [6.07, 6.45) is 2.37. The maximum atomic E-state index is 13.1. The van der Waals surface area contributed by atoms with Gasteiger partial charge in [-0.3, -0.25) is 9.69 Å². The lowest BCUT2D eigenvalue weighted by Crippen LogP contribution is -2.45. The molecular weight excluding hydrogens is 330 g/mol. The molecule has 1 atom stereocenters. The van der Waals surface area contributed by atoms with E-state index in [1.807, 2.05) is 19.1 Å². The zero-order chi connectivity index (χ0) is 17.5. The van der Waals surface area contributed by atoms with Crippen LogP contribution >= 0.6 is 0 Å². The minimum atomic E-state index is -3.60. The second-order valence-corrected chi connectivity index (χ2v) is 7.67. The molecule has 0 saturated heterocycles. The fraction of sp³-hybridized carbons (Fsp3) is 0.312. The molecule has 0 N–H and O–H groups in total. The van der Waals surface area contributed by atoms with Crippen molar-refractivity contribution in [3.05, 3.63) is 41.7 Å². The molecule has 1 aliphatic heterocycles. The first kappa shape index (κ1) is 16.4. The van der Waals surface area contributed by atoms with Crippen molar-refractivity contribution in [3.8, 4) is 5.75 Å². The maximum absolute atomic E-state index is 13.1. The number of anilines is 1. The third-order valence-electron chi connectivity index (χ3n) is 3.75. The van der Waals surface area contributed by atoms with Crippen molar-refractivity contribution in [2.24, 2.45) is 0 Å². The fourth-order valence-electron chi connectivity index (χ4n) is 2.55. The van der Waals surface area contributed by atoms with Crippen LogP contribution in [-0.4, -0.2) is 43.2 Å². The van der Waals surface area contributed by atoms with Crippen LogP contribution in [-0.2, 0) is 9.84 Å². The SMILES string of the molecule is Cc1cnc(S(C)(=O)=O)nc1C(=O)N1c2ccccc2OCC1C. The predicted octanol–water partition coefficient (Wildman–Crippen LogP) is 1.62. The highest BCUT2D eigenvalue weighted by molar-refractivity contribution is 7.90. The number of rotatable bonds is 2. The average molecular weight is 347 g/mol. The number of carbonyl (C=O) groups excluding carboxylic acids is 1. The molecule has 0 radical (unpaired) electrons. The molecule has 1 amide bonds. The lowest BCUT2D eigenvalue weighted by Gasteiger charge is -2.35. The Hall–Kier alpha value is -2.48. The van der Waals surface area contributed by atoms with Crippen molar-refractivity contribution in [1.29, 1.82) is 0 Å². The van der Waals surface area contributed by atoms with Crippen LogP contribution < -0.4 is 9.64 Å². The Bertz CT molecular complexity index is 911. The molecule has 2 heterocycles. The Kier molecular flexibility index (Phi) is 4.00. The summed E-state index contributed by atoms with van der Waals surface area (Å²) in [5.41, 5.74) is 1.23. The quantitative estimate of drug-likeness (QED) is 0.767. The predicted molar refractivity (Wildman–Crippen MR) is 88.1 cm³/mol. The van der Waals surface area contributed by atoms with E-state index in [4.69, 9.17) is 4.74 Å². The number of amides is 1. The van der Waals surface area contributed by atoms with Gasteiger partial charge in [-0.15, -0.1) is 0 Å². The molecule has 1 unspecified atom stereocenters. The summed E-state index contributed by atoms with van der Waals surface area (Å²) < 4.78 is 29.0. The zero-order valence-electron chi connectivity index (χ0n) is 13.6. The fourth-order valence-corrected chi connectivity index (χ4v) is 3.05.